The topological polar surface area (TPSA) is 124 Å². The molecule has 6 rings (SSSR count). The number of nitrogens with zero attached hydrogens (tertiary/aromatic N) is 4. The van der Waals surface area contributed by atoms with Crippen LogP contribution >= 0.6 is 0 Å². The van der Waals surface area contributed by atoms with Crippen LogP contribution in [-0.4, -0.2) is 96.2 Å². The van der Waals surface area contributed by atoms with Crippen molar-refractivity contribution < 1.29 is 33.3 Å². The minimum atomic E-state index is -0.452. The lowest BCUT2D eigenvalue weighted by Crippen LogP contribution is -2.58. The zero-order valence-corrected chi connectivity index (χ0v) is 27.5. The Balaban J connectivity index is 1.36. The normalized spacial score (nSPS) is 19.2. The fraction of sp³-hybridized carbons (Fsp3) is 0.486. The number of methoxy groups -OCH3 is 2. The number of carbonyl (C=O) groups excluding carboxylic acids is 3. The van der Waals surface area contributed by atoms with Crippen LogP contribution in [0.15, 0.2) is 54.9 Å². The number of likely N-dealkylation sites (tertiary alicyclic amines) is 1. The molecule has 4 heterocycles. The van der Waals surface area contributed by atoms with E-state index in [1.54, 1.807) is 30.2 Å². The third kappa shape index (κ3) is 9.32. The molecule has 0 spiro atoms. The predicted octanol–water partition coefficient (Wildman–Crippen LogP) is 3.50. The van der Waals surface area contributed by atoms with Gasteiger partial charge in [-0.1, -0.05) is 18.2 Å². The van der Waals surface area contributed by atoms with E-state index in [9.17, 15) is 14.4 Å². The monoisotopic (exact) mass is 647 g/mol. The zero-order chi connectivity index (χ0) is 33.2. The van der Waals surface area contributed by atoms with Crippen molar-refractivity contribution in [3.8, 4) is 17.2 Å². The molecule has 3 aliphatic rings. The maximum absolute atomic E-state index is 13.5. The van der Waals surface area contributed by atoms with Gasteiger partial charge in [-0.15, -0.1) is 0 Å². The van der Waals surface area contributed by atoms with Crippen LogP contribution in [0, 0.1) is 6.92 Å². The van der Waals surface area contributed by atoms with Gasteiger partial charge in [0.05, 0.1) is 32.4 Å². The van der Waals surface area contributed by atoms with Gasteiger partial charge in [-0.25, -0.2) is 4.98 Å². The van der Waals surface area contributed by atoms with Crippen molar-refractivity contribution in [2.45, 2.75) is 64.3 Å². The van der Waals surface area contributed by atoms with E-state index in [2.05, 4.69) is 10.3 Å². The first-order valence-electron chi connectivity index (χ1n) is 16.2. The highest BCUT2D eigenvalue weighted by Gasteiger charge is 2.34. The van der Waals surface area contributed by atoms with E-state index in [0.29, 0.717) is 82.3 Å². The molecule has 1 N–H and O–H groups in total. The zero-order valence-electron chi connectivity index (χ0n) is 27.5. The van der Waals surface area contributed by atoms with Crippen molar-refractivity contribution in [2.75, 3.05) is 47.0 Å². The fourth-order valence-corrected chi connectivity index (χ4v) is 6.02. The Bertz CT molecular complexity index is 1530. The van der Waals surface area contributed by atoms with Gasteiger partial charge in [-0.2, -0.15) is 0 Å². The van der Waals surface area contributed by atoms with Crippen molar-refractivity contribution in [3.63, 3.8) is 0 Å². The Kier molecular flexibility index (Phi) is 11.9. The van der Waals surface area contributed by atoms with Crippen molar-refractivity contribution in [2.24, 2.45) is 0 Å². The number of imidazole rings is 1. The van der Waals surface area contributed by atoms with Gasteiger partial charge in [-0.3, -0.25) is 14.4 Å². The van der Waals surface area contributed by atoms with Gasteiger partial charge in [-0.05, 0) is 61.6 Å². The second kappa shape index (κ2) is 16.4. The van der Waals surface area contributed by atoms with Gasteiger partial charge in [0.2, 0.25) is 17.7 Å². The molecule has 3 amide bonds. The maximum atomic E-state index is 13.5. The Morgan fingerprint density at radius 3 is 2.74 bits per heavy atom. The number of piperidine rings is 1. The van der Waals surface area contributed by atoms with Crippen LogP contribution in [0.3, 0.4) is 0 Å². The van der Waals surface area contributed by atoms with E-state index in [0.717, 1.165) is 17.0 Å². The molecule has 3 aliphatic heterocycles. The molecule has 4 bridgehead atoms. The average Bonchev–Trinajstić information content (AvgIpc) is 3.49. The smallest absolute Gasteiger partial charge is 0.239 e. The van der Waals surface area contributed by atoms with E-state index >= 15 is 0 Å². The summed E-state index contributed by atoms with van der Waals surface area (Å²) >= 11 is 0. The standard InChI is InChI=1S/C35H45N5O7/c1-25-36-14-18-38(25)17-13-35(43)40-16-12-30-29(22-40)37-33(41)23-39(15-5-19-44-2)34(42)11-9-26-8-10-31(32(21-26)45-3)47-28-7-4-6-27(20-28)24-46-30/h4,6-8,10,14,18,20-21,29-30H,5,9,11-13,15-17,19,22-24H2,1-3H3,(H,37,41)/t29-,30+/m0/s1. The number of ether oxygens (including phenoxy) is 4. The summed E-state index contributed by atoms with van der Waals surface area (Å²) < 4.78 is 25.4. The van der Waals surface area contributed by atoms with Crippen LogP contribution in [0.5, 0.6) is 17.2 Å². The Hall–Kier alpha value is -4.42. The maximum Gasteiger partial charge on any atom is 0.239 e. The molecule has 252 valence electrons. The van der Waals surface area contributed by atoms with Crippen LogP contribution < -0.4 is 14.8 Å². The molecule has 0 saturated carbocycles. The number of nitrogens with one attached hydrogen (secondary N) is 1. The molecule has 47 heavy (non-hydrogen) atoms. The summed E-state index contributed by atoms with van der Waals surface area (Å²) in [5, 5.41) is 3.12. The number of rotatable bonds is 8. The summed E-state index contributed by atoms with van der Waals surface area (Å²) in [5.74, 6) is 2.20. The van der Waals surface area contributed by atoms with Crippen molar-refractivity contribution in [3.05, 3.63) is 71.8 Å². The molecule has 2 aromatic carbocycles. The SMILES string of the molecule is COCCCN1CC(=O)N[C@H]2CN(C(=O)CCn3ccnc3C)CC[C@H]2OCc2cccc(c2)Oc2ccc(cc2OC)CCC1=O. The van der Waals surface area contributed by atoms with Gasteiger partial charge in [0, 0.05) is 65.1 Å². The van der Waals surface area contributed by atoms with E-state index in [-0.39, 0.29) is 36.8 Å². The summed E-state index contributed by atoms with van der Waals surface area (Å²) in [6, 6.07) is 12.8. The van der Waals surface area contributed by atoms with Gasteiger partial charge in [0.25, 0.3) is 0 Å². The summed E-state index contributed by atoms with van der Waals surface area (Å²) in [6.45, 7) is 4.31. The molecule has 1 saturated heterocycles. The van der Waals surface area contributed by atoms with Crippen LogP contribution in [-0.2, 0) is 43.4 Å². The number of benzene rings is 2. The lowest BCUT2D eigenvalue weighted by Gasteiger charge is -2.39. The lowest BCUT2D eigenvalue weighted by atomic mass is 10.0. The third-order valence-corrected chi connectivity index (χ3v) is 8.65. The Morgan fingerprint density at radius 2 is 1.96 bits per heavy atom. The molecule has 0 unspecified atom stereocenters. The Labute approximate surface area is 275 Å². The third-order valence-electron chi connectivity index (χ3n) is 8.65. The van der Waals surface area contributed by atoms with E-state index in [4.69, 9.17) is 18.9 Å². The second-order valence-electron chi connectivity index (χ2n) is 12.0. The number of fused-ring (bicyclic) bond motifs is 9. The average molecular weight is 648 g/mol. The molecule has 3 aromatic rings. The van der Waals surface area contributed by atoms with E-state index in [1.165, 1.54) is 0 Å². The molecule has 1 fully saturated rings. The number of hydrogen-bond acceptors (Lipinski definition) is 8. The molecule has 1 aromatic heterocycles. The minimum Gasteiger partial charge on any atom is -0.493 e. The van der Waals surface area contributed by atoms with E-state index < -0.39 is 6.04 Å². The fourth-order valence-electron chi connectivity index (χ4n) is 6.02. The molecule has 12 nitrogen and oxygen atoms in total. The van der Waals surface area contributed by atoms with Crippen LogP contribution in [0.4, 0.5) is 0 Å². The van der Waals surface area contributed by atoms with E-state index in [1.807, 2.05) is 60.2 Å². The largest absolute Gasteiger partial charge is 0.493 e. The highest BCUT2D eigenvalue weighted by molar-refractivity contribution is 5.85. The molecule has 0 aliphatic carbocycles. The van der Waals surface area contributed by atoms with Crippen molar-refractivity contribution >= 4 is 17.7 Å². The second-order valence-corrected chi connectivity index (χ2v) is 12.0. The first kappa shape index (κ1) is 33.9. The predicted molar refractivity (Wildman–Crippen MR) is 174 cm³/mol. The van der Waals surface area contributed by atoms with Crippen LogP contribution in [0.2, 0.25) is 0 Å². The highest BCUT2D eigenvalue weighted by Crippen LogP contribution is 2.33. The quantitative estimate of drug-likeness (QED) is 0.369. The van der Waals surface area contributed by atoms with Gasteiger partial charge < -0.3 is 38.6 Å². The Morgan fingerprint density at radius 1 is 1.09 bits per heavy atom. The van der Waals surface area contributed by atoms with Gasteiger partial charge in [0.1, 0.15) is 11.6 Å². The van der Waals surface area contributed by atoms with Crippen LogP contribution in [0.1, 0.15) is 42.6 Å². The lowest BCUT2D eigenvalue weighted by molar-refractivity contribution is -0.139. The highest BCUT2D eigenvalue weighted by atomic mass is 16.5. The van der Waals surface area contributed by atoms with Gasteiger partial charge >= 0.3 is 0 Å². The first-order valence-corrected chi connectivity index (χ1v) is 16.2. The van der Waals surface area contributed by atoms with Crippen molar-refractivity contribution in [1.82, 2.24) is 24.7 Å². The molecule has 12 heteroatoms. The van der Waals surface area contributed by atoms with Crippen LogP contribution in [0.25, 0.3) is 0 Å². The van der Waals surface area contributed by atoms with Crippen molar-refractivity contribution in [1.29, 1.82) is 0 Å². The number of carbonyl (C=O) groups is 3. The van der Waals surface area contributed by atoms with Gasteiger partial charge in [0.15, 0.2) is 11.5 Å². The molecule has 2 atom stereocenters. The first-order chi connectivity index (χ1) is 22.8. The number of aromatic nitrogens is 2. The summed E-state index contributed by atoms with van der Waals surface area (Å²) in [7, 11) is 3.20. The molecular weight excluding hydrogens is 602 g/mol. The summed E-state index contributed by atoms with van der Waals surface area (Å²) in [5.41, 5.74) is 1.83. The molecular formula is C35H45N5O7. The molecule has 0 radical (unpaired) electrons. The summed E-state index contributed by atoms with van der Waals surface area (Å²) in [4.78, 5) is 47.9. The minimum absolute atomic E-state index is 0.00446. The number of aryl methyl sites for hydroxylation is 3. The number of hydrogen-bond donors (Lipinski definition) is 1. The summed E-state index contributed by atoms with van der Waals surface area (Å²) in [6.07, 6.45) is 5.42. The number of amides is 3.